The van der Waals surface area contributed by atoms with Crippen molar-refractivity contribution in [3.8, 4) is 5.75 Å². The molecule has 1 unspecified atom stereocenters. The van der Waals surface area contributed by atoms with Crippen molar-refractivity contribution in [1.29, 1.82) is 0 Å². The summed E-state index contributed by atoms with van der Waals surface area (Å²) in [5.74, 6) is 0.958. The molecule has 0 spiro atoms. The zero-order valence-corrected chi connectivity index (χ0v) is 13.9. The number of para-hydroxylation sites is 1. The molecule has 1 fully saturated rings. The maximum Gasteiger partial charge on any atom is 0.240 e. The topological polar surface area (TPSA) is 54.5 Å². The lowest BCUT2D eigenvalue weighted by atomic mass is 10.1. The number of nitrogens with one attached hydrogen (secondary N) is 1. The van der Waals surface area contributed by atoms with E-state index in [1.807, 2.05) is 41.3 Å². The highest BCUT2D eigenvalue weighted by atomic mass is 16.5. The van der Waals surface area contributed by atoms with Crippen molar-refractivity contribution >= 4 is 5.91 Å². The number of nitrogens with zero attached hydrogens (tertiary/aromatic N) is 2. The van der Waals surface area contributed by atoms with Crippen molar-refractivity contribution in [3.05, 3.63) is 59.9 Å². The van der Waals surface area contributed by atoms with Crippen molar-refractivity contribution in [2.24, 2.45) is 0 Å². The first-order valence-electron chi connectivity index (χ1n) is 8.31. The molecule has 1 aliphatic heterocycles. The van der Waals surface area contributed by atoms with Crippen molar-refractivity contribution in [1.82, 2.24) is 15.2 Å². The maximum absolute atomic E-state index is 13.0. The zero-order valence-electron chi connectivity index (χ0n) is 13.9. The molecule has 5 nitrogen and oxygen atoms in total. The lowest BCUT2D eigenvalue weighted by molar-refractivity contribution is -0.134. The van der Waals surface area contributed by atoms with Crippen molar-refractivity contribution in [3.63, 3.8) is 0 Å². The van der Waals surface area contributed by atoms with E-state index in [4.69, 9.17) is 4.74 Å². The molecule has 1 N–H and O–H groups in total. The van der Waals surface area contributed by atoms with Crippen molar-refractivity contribution in [2.75, 3.05) is 13.7 Å². The molecular weight excluding hydrogens is 302 g/mol. The second kappa shape index (κ2) is 7.93. The number of ether oxygens (including phenoxy) is 1. The molecule has 0 radical (unpaired) electrons. The monoisotopic (exact) mass is 325 g/mol. The molecule has 0 aliphatic carbocycles. The quantitative estimate of drug-likeness (QED) is 0.886. The molecule has 1 aliphatic rings. The predicted molar refractivity (Wildman–Crippen MR) is 92.5 cm³/mol. The minimum absolute atomic E-state index is 0.0819. The SMILES string of the molecule is COc1ccccc1CN(Cc1ccncc1)C(=O)C1CCCN1. The van der Waals surface area contributed by atoms with E-state index in [0.717, 1.165) is 36.3 Å². The van der Waals surface area contributed by atoms with Gasteiger partial charge in [-0.25, -0.2) is 0 Å². The first-order valence-corrected chi connectivity index (χ1v) is 8.31. The summed E-state index contributed by atoms with van der Waals surface area (Å²) < 4.78 is 5.44. The molecular formula is C19H23N3O2. The molecule has 24 heavy (non-hydrogen) atoms. The van der Waals surface area contributed by atoms with E-state index in [0.29, 0.717) is 13.1 Å². The Hall–Kier alpha value is -2.40. The lowest BCUT2D eigenvalue weighted by Gasteiger charge is -2.26. The highest BCUT2D eigenvalue weighted by Crippen LogP contribution is 2.22. The Kier molecular flexibility index (Phi) is 5.43. The summed E-state index contributed by atoms with van der Waals surface area (Å²) in [7, 11) is 1.66. The van der Waals surface area contributed by atoms with Gasteiger partial charge in [-0.1, -0.05) is 18.2 Å². The smallest absolute Gasteiger partial charge is 0.240 e. The van der Waals surface area contributed by atoms with Crippen LogP contribution in [0.15, 0.2) is 48.8 Å². The standard InChI is InChI=1S/C19H23N3O2/c1-24-18-7-3-2-5-16(18)14-22(13-15-8-11-20-12-9-15)19(23)17-6-4-10-21-17/h2-3,5,7-9,11-12,17,21H,4,6,10,13-14H2,1H3. The van der Waals surface area contributed by atoms with Crippen LogP contribution in [0, 0.1) is 0 Å². The fraction of sp³-hybridized carbons (Fsp3) is 0.368. The number of carbonyl (C=O) groups is 1. The first kappa shape index (κ1) is 16.5. The predicted octanol–water partition coefficient (Wildman–Crippen LogP) is 2.37. The number of pyridine rings is 1. The summed E-state index contributed by atoms with van der Waals surface area (Å²) in [4.78, 5) is 18.9. The van der Waals surface area contributed by atoms with Crippen LogP contribution in [0.3, 0.4) is 0 Å². The summed E-state index contributed by atoms with van der Waals surface area (Å²) in [6.07, 6.45) is 5.47. The van der Waals surface area contributed by atoms with E-state index in [1.165, 1.54) is 0 Å². The minimum atomic E-state index is -0.0819. The molecule has 2 aromatic rings. The molecule has 1 atom stereocenters. The van der Waals surface area contributed by atoms with Gasteiger partial charge >= 0.3 is 0 Å². The van der Waals surface area contributed by atoms with E-state index in [2.05, 4.69) is 10.3 Å². The average molecular weight is 325 g/mol. The zero-order chi connectivity index (χ0) is 16.8. The molecule has 0 saturated carbocycles. The number of benzene rings is 1. The molecule has 1 amide bonds. The Morgan fingerprint density at radius 2 is 2.04 bits per heavy atom. The van der Waals surface area contributed by atoms with Crippen molar-refractivity contribution in [2.45, 2.75) is 32.0 Å². The van der Waals surface area contributed by atoms with Crippen LogP contribution in [0.2, 0.25) is 0 Å². The Bertz CT molecular complexity index is 669. The van der Waals surface area contributed by atoms with E-state index in [1.54, 1.807) is 19.5 Å². The Morgan fingerprint density at radius 1 is 1.25 bits per heavy atom. The third-order valence-electron chi connectivity index (χ3n) is 4.35. The molecule has 126 valence electrons. The maximum atomic E-state index is 13.0. The molecule has 3 rings (SSSR count). The van der Waals surface area contributed by atoms with E-state index >= 15 is 0 Å². The second-order valence-corrected chi connectivity index (χ2v) is 6.01. The van der Waals surface area contributed by atoms with Crippen LogP contribution in [0.1, 0.15) is 24.0 Å². The summed E-state index contributed by atoms with van der Waals surface area (Å²) in [5.41, 5.74) is 2.09. The van der Waals surface area contributed by atoms with Gasteiger partial charge in [0.2, 0.25) is 5.91 Å². The molecule has 1 aromatic heterocycles. The van der Waals surface area contributed by atoms with Gasteiger partial charge in [-0.15, -0.1) is 0 Å². The average Bonchev–Trinajstić information content (AvgIpc) is 3.16. The van der Waals surface area contributed by atoms with Crippen LogP contribution < -0.4 is 10.1 Å². The number of carbonyl (C=O) groups excluding carboxylic acids is 1. The summed E-state index contributed by atoms with van der Waals surface area (Å²) in [6, 6.07) is 11.7. The summed E-state index contributed by atoms with van der Waals surface area (Å²) in [6.45, 7) is 2.01. The van der Waals surface area contributed by atoms with E-state index in [-0.39, 0.29) is 11.9 Å². The van der Waals surface area contributed by atoms with Crippen molar-refractivity contribution < 1.29 is 9.53 Å². The van der Waals surface area contributed by atoms with E-state index < -0.39 is 0 Å². The van der Waals surface area contributed by atoms with Crippen LogP contribution in [-0.2, 0) is 17.9 Å². The highest BCUT2D eigenvalue weighted by molar-refractivity contribution is 5.82. The molecule has 1 saturated heterocycles. The molecule has 0 bridgehead atoms. The number of methoxy groups -OCH3 is 1. The number of amides is 1. The van der Waals surface area contributed by atoms with E-state index in [9.17, 15) is 4.79 Å². The fourth-order valence-electron chi connectivity index (χ4n) is 3.08. The van der Waals surface area contributed by atoms with Crippen LogP contribution in [-0.4, -0.2) is 35.5 Å². The van der Waals surface area contributed by atoms with Gasteiger partial charge in [0.15, 0.2) is 0 Å². The molecule has 5 heteroatoms. The van der Waals surface area contributed by atoms with Gasteiger partial charge in [0, 0.05) is 31.0 Å². The molecule has 2 heterocycles. The Morgan fingerprint density at radius 3 is 2.75 bits per heavy atom. The first-order chi connectivity index (χ1) is 11.8. The Labute approximate surface area is 142 Å². The normalized spacial score (nSPS) is 16.8. The van der Waals surface area contributed by atoms with Gasteiger partial charge in [0.05, 0.1) is 13.2 Å². The number of hydrogen-bond acceptors (Lipinski definition) is 4. The Balaban J connectivity index is 1.82. The van der Waals surface area contributed by atoms with Crippen LogP contribution >= 0.6 is 0 Å². The summed E-state index contributed by atoms with van der Waals surface area (Å²) >= 11 is 0. The van der Waals surface area contributed by atoms with Gasteiger partial charge in [0.25, 0.3) is 0 Å². The van der Waals surface area contributed by atoms with Gasteiger partial charge in [-0.2, -0.15) is 0 Å². The second-order valence-electron chi connectivity index (χ2n) is 6.01. The minimum Gasteiger partial charge on any atom is -0.496 e. The third kappa shape index (κ3) is 3.92. The lowest BCUT2D eigenvalue weighted by Crippen LogP contribution is -2.42. The molecule has 1 aromatic carbocycles. The fourth-order valence-corrected chi connectivity index (χ4v) is 3.08. The largest absolute Gasteiger partial charge is 0.496 e. The summed E-state index contributed by atoms with van der Waals surface area (Å²) in [5, 5.41) is 3.30. The van der Waals surface area contributed by atoms with Crippen LogP contribution in [0.4, 0.5) is 0 Å². The third-order valence-corrected chi connectivity index (χ3v) is 4.35. The number of aromatic nitrogens is 1. The van der Waals surface area contributed by atoms with Crippen LogP contribution in [0.5, 0.6) is 5.75 Å². The van der Waals surface area contributed by atoms with Gasteiger partial charge in [0.1, 0.15) is 5.75 Å². The van der Waals surface area contributed by atoms with Crippen LogP contribution in [0.25, 0.3) is 0 Å². The highest BCUT2D eigenvalue weighted by Gasteiger charge is 2.27. The van der Waals surface area contributed by atoms with Gasteiger partial charge in [-0.05, 0) is 43.1 Å². The number of rotatable bonds is 6. The number of hydrogen-bond donors (Lipinski definition) is 1. The van der Waals surface area contributed by atoms with Gasteiger partial charge < -0.3 is 15.0 Å². The van der Waals surface area contributed by atoms with Gasteiger partial charge in [-0.3, -0.25) is 9.78 Å².